The lowest BCUT2D eigenvalue weighted by Gasteiger charge is -2.27. The topological polar surface area (TPSA) is 12.0 Å². The maximum atomic E-state index is 3.61. The molecule has 1 N–H and O–H groups in total. The standard InChI is InChI=1S/C17H18N/c1-2-7-14(8-3-1)17-12-5-4-9-15(17)13-18-16-10-6-11-16/h1-5,7-8,12,16,18H,6,10-11,13H2. The largest absolute Gasteiger partial charge is 0.310 e. The van der Waals surface area contributed by atoms with Crippen LogP contribution in [-0.2, 0) is 6.54 Å². The van der Waals surface area contributed by atoms with Gasteiger partial charge in [-0.2, -0.15) is 0 Å². The van der Waals surface area contributed by atoms with Gasteiger partial charge in [0.25, 0.3) is 0 Å². The maximum absolute atomic E-state index is 3.61. The number of hydrogen-bond acceptors (Lipinski definition) is 1. The lowest BCUT2D eigenvalue weighted by atomic mass is 9.92. The van der Waals surface area contributed by atoms with Crippen LogP contribution in [0.25, 0.3) is 11.1 Å². The summed E-state index contributed by atoms with van der Waals surface area (Å²) in [6, 6.07) is 20.9. The highest BCUT2D eigenvalue weighted by molar-refractivity contribution is 5.66. The highest BCUT2D eigenvalue weighted by Crippen LogP contribution is 2.24. The number of hydrogen-bond donors (Lipinski definition) is 1. The molecule has 0 aliphatic heterocycles. The predicted molar refractivity (Wildman–Crippen MR) is 75.2 cm³/mol. The third kappa shape index (κ3) is 2.46. The number of benzene rings is 2. The second kappa shape index (κ2) is 5.36. The molecule has 2 aromatic rings. The Labute approximate surface area is 109 Å². The first kappa shape index (κ1) is 11.5. The van der Waals surface area contributed by atoms with Gasteiger partial charge in [0.05, 0.1) is 0 Å². The summed E-state index contributed by atoms with van der Waals surface area (Å²) in [5.74, 6) is 0. The Kier molecular flexibility index (Phi) is 3.42. The van der Waals surface area contributed by atoms with Crippen molar-refractivity contribution in [3.63, 3.8) is 0 Å². The Hall–Kier alpha value is -1.60. The van der Waals surface area contributed by atoms with Crippen molar-refractivity contribution in [2.24, 2.45) is 0 Å². The summed E-state index contributed by atoms with van der Waals surface area (Å²) in [6.07, 6.45) is 4.03. The van der Waals surface area contributed by atoms with Gasteiger partial charge in [0.1, 0.15) is 0 Å². The Bertz CT molecular complexity index is 500. The van der Waals surface area contributed by atoms with E-state index in [2.05, 4.69) is 53.8 Å². The molecule has 0 heterocycles. The molecule has 1 radical (unpaired) electrons. The van der Waals surface area contributed by atoms with E-state index in [9.17, 15) is 0 Å². The summed E-state index contributed by atoms with van der Waals surface area (Å²) in [7, 11) is 0. The molecule has 1 aliphatic rings. The molecule has 2 aromatic carbocycles. The van der Waals surface area contributed by atoms with Crippen molar-refractivity contribution in [2.45, 2.75) is 31.8 Å². The van der Waals surface area contributed by atoms with Crippen molar-refractivity contribution < 1.29 is 0 Å². The van der Waals surface area contributed by atoms with Crippen molar-refractivity contribution in [3.8, 4) is 11.1 Å². The Morgan fingerprint density at radius 2 is 1.89 bits per heavy atom. The van der Waals surface area contributed by atoms with Crippen molar-refractivity contribution in [1.82, 2.24) is 5.32 Å². The van der Waals surface area contributed by atoms with E-state index >= 15 is 0 Å². The van der Waals surface area contributed by atoms with Gasteiger partial charge >= 0.3 is 0 Å². The molecule has 1 nitrogen and oxygen atoms in total. The molecule has 0 atom stereocenters. The van der Waals surface area contributed by atoms with Crippen LogP contribution in [0.1, 0.15) is 24.8 Å². The minimum Gasteiger partial charge on any atom is -0.310 e. The summed E-state index contributed by atoms with van der Waals surface area (Å²) < 4.78 is 0. The van der Waals surface area contributed by atoms with Crippen LogP contribution in [0.4, 0.5) is 0 Å². The minimum atomic E-state index is 0.724. The van der Waals surface area contributed by atoms with E-state index in [0.717, 1.165) is 12.6 Å². The fourth-order valence-electron chi connectivity index (χ4n) is 2.36. The molecule has 0 bridgehead atoms. The molecule has 91 valence electrons. The lowest BCUT2D eigenvalue weighted by Crippen LogP contribution is -2.34. The van der Waals surface area contributed by atoms with Crippen molar-refractivity contribution >= 4 is 0 Å². The van der Waals surface area contributed by atoms with Crippen LogP contribution in [0.15, 0.2) is 48.5 Å². The molecule has 0 amide bonds. The fourth-order valence-corrected chi connectivity index (χ4v) is 2.36. The van der Waals surface area contributed by atoms with Crippen molar-refractivity contribution in [1.29, 1.82) is 0 Å². The third-order valence-corrected chi connectivity index (χ3v) is 3.70. The third-order valence-electron chi connectivity index (χ3n) is 3.70. The molecule has 0 unspecified atom stereocenters. The van der Waals surface area contributed by atoms with Gasteiger partial charge in [-0.3, -0.25) is 0 Å². The zero-order valence-corrected chi connectivity index (χ0v) is 10.5. The Morgan fingerprint density at radius 1 is 1.06 bits per heavy atom. The molecule has 3 rings (SSSR count). The van der Waals surface area contributed by atoms with E-state index in [4.69, 9.17) is 0 Å². The van der Waals surface area contributed by atoms with Crippen LogP contribution >= 0.6 is 0 Å². The molecule has 0 saturated heterocycles. The smallest absolute Gasteiger partial charge is 0.0220 e. The second-order valence-electron chi connectivity index (χ2n) is 4.94. The number of rotatable bonds is 4. The summed E-state index contributed by atoms with van der Waals surface area (Å²) in [6.45, 7) is 0.926. The SMILES string of the molecule is [c]1cccc(-c2ccccc2)c1CNC1CCC1. The summed E-state index contributed by atoms with van der Waals surface area (Å²) in [5, 5.41) is 3.61. The molecular weight excluding hydrogens is 218 g/mol. The predicted octanol–water partition coefficient (Wildman–Crippen LogP) is 3.80. The van der Waals surface area contributed by atoms with Gasteiger partial charge in [0.2, 0.25) is 0 Å². The van der Waals surface area contributed by atoms with E-state index in [1.165, 1.54) is 36.0 Å². The first-order valence-electron chi connectivity index (χ1n) is 6.72. The van der Waals surface area contributed by atoms with Crippen LogP contribution in [0.3, 0.4) is 0 Å². The van der Waals surface area contributed by atoms with E-state index in [1.54, 1.807) is 0 Å². The van der Waals surface area contributed by atoms with Gasteiger partial charge in [0.15, 0.2) is 0 Å². The fraction of sp³-hybridized carbons (Fsp3) is 0.294. The molecule has 0 spiro atoms. The quantitative estimate of drug-likeness (QED) is 0.851. The zero-order chi connectivity index (χ0) is 12.2. The van der Waals surface area contributed by atoms with E-state index in [1.807, 2.05) is 6.07 Å². The van der Waals surface area contributed by atoms with E-state index in [0.29, 0.717) is 0 Å². The van der Waals surface area contributed by atoms with Gasteiger partial charge in [-0.1, -0.05) is 55.0 Å². The number of nitrogens with one attached hydrogen (secondary N) is 1. The first-order chi connectivity index (χ1) is 8.93. The van der Waals surface area contributed by atoms with Crippen LogP contribution < -0.4 is 5.32 Å². The van der Waals surface area contributed by atoms with Crippen LogP contribution in [0.2, 0.25) is 0 Å². The molecule has 0 aromatic heterocycles. The molecular formula is C17H18N. The van der Waals surface area contributed by atoms with E-state index < -0.39 is 0 Å². The molecule has 1 fully saturated rings. The van der Waals surface area contributed by atoms with Gasteiger partial charge < -0.3 is 5.32 Å². The maximum Gasteiger partial charge on any atom is 0.0220 e. The second-order valence-corrected chi connectivity index (χ2v) is 4.94. The lowest BCUT2D eigenvalue weighted by molar-refractivity contribution is 0.338. The molecule has 1 aliphatic carbocycles. The Balaban J connectivity index is 1.80. The average molecular weight is 236 g/mol. The van der Waals surface area contributed by atoms with Gasteiger partial charge in [-0.15, -0.1) is 0 Å². The minimum absolute atomic E-state index is 0.724. The monoisotopic (exact) mass is 236 g/mol. The van der Waals surface area contributed by atoms with Crippen LogP contribution in [0.5, 0.6) is 0 Å². The van der Waals surface area contributed by atoms with Gasteiger partial charge in [-0.25, -0.2) is 0 Å². The van der Waals surface area contributed by atoms with Gasteiger partial charge in [0, 0.05) is 12.6 Å². The Morgan fingerprint density at radius 3 is 2.61 bits per heavy atom. The van der Waals surface area contributed by atoms with E-state index in [-0.39, 0.29) is 0 Å². The normalized spacial score (nSPS) is 15.3. The van der Waals surface area contributed by atoms with Gasteiger partial charge in [-0.05, 0) is 35.6 Å². The van der Waals surface area contributed by atoms with Crippen molar-refractivity contribution in [3.05, 3.63) is 60.2 Å². The van der Waals surface area contributed by atoms with Crippen molar-refractivity contribution in [2.75, 3.05) is 0 Å². The summed E-state index contributed by atoms with van der Waals surface area (Å²) >= 11 is 0. The summed E-state index contributed by atoms with van der Waals surface area (Å²) in [4.78, 5) is 0. The molecule has 1 saturated carbocycles. The highest BCUT2D eigenvalue weighted by Gasteiger charge is 2.16. The molecule has 1 heteroatoms. The average Bonchev–Trinajstić information content (AvgIpc) is 2.39. The van der Waals surface area contributed by atoms with Crippen LogP contribution in [-0.4, -0.2) is 6.04 Å². The summed E-state index contributed by atoms with van der Waals surface area (Å²) in [5.41, 5.74) is 3.85. The zero-order valence-electron chi connectivity index (χ0n) is 10.5. The molecule has 18 heavy (non-hydrogen) atoms. The highest BCUT2D eigenvalue weighted by atomic mass is 14.9. The first-order valence-corrected chi connectivity index (χ1v) is 6.72. The van der Waals surface area contributed by atoms with Crippen LogP contribution in [0, 0.1) is 6.07 Å².